The van der Waals surface area contributed by atoms with Crippen molar-refractivity contribution in [3.05, 3.63) is 24.3 Å². The second-order valence-electron chi connectivity index (χ2n) is 5.96. The van der Waals surface area contributed by atoms with Crippen LogP contribution in [0.2, 0.25) is 0 Å². The molecule has 0 aliphatic carbocycles. The zero-order valence-electron chi connectivity index (χ0n) is 12.9. The van der Waals surface area contributed by atoms with Gasteiger partial charge in [0.2, 0.25) is 11.8 Å². The largest absolute Gasteiger partial charge is 0.341 e. The van der Waals surface area contributed by atoms with E-state index in [0.29, 0.717) is 18.8 Å². The Hall–Kier alpha value is -1.89. The standard InChI is InChI=1S/C16H20N2O4S/c19-15-8-11-23(21,22)14-7-3-2-6-13(14)18(15)12-16(20)17-9-4-1-5-10-17/h2-3,6-7H,1,4-5,8-12H2. The van der Waals surface area contributed by atoms with E-state index < -0.39 is 9.84 Å². The fraction of sp³-hybridized carbons (Fsp3) is 0.500. The van der Waals surface area contributed by atoms with Gasteiger partial charge in [-0.3, -0.25) is 9.59 Å². The summed E-state index contributed by atoms with van der Waals surface area (Å²) in [5, 5.41) is 0. The maximum Gasteiger partial charge on any atom is 0.242 e. The SMILES string of the molecule is O=C(CN1C(=O)CCS(=O)(=O)c2ccccc21)N1CCCCC1. The van der Waals surface area contributed by atoms with Crippen LogP contribution in [-0.4, -0.2) is 50.5 Å². The van der Waals surface area contributed by atoms with Crippen molar-refractivity contribution in [1.82, 2.24) is 4.90 Å². The maximum absolute atomic E-state index is 12.5. The van der Waals surface area contributed by atoms with E-state index >= 15 is 0 Å². The molecule has 0 spiro atoms. The lowest BCUT2D eigenvalue weighted by Crippen LogP contribution is -2.44. The number of para-hydroxylation sites is 1. The molecule has 0 aromatic heterocycles. The van der Waals surface area contributed by atoms with Gasteiger partial charge < -0.3 is 9.80 Å². The van der Waals surface area contributed by atoms with Gasteiger partial charge in [-0.25, -0.2) is 8.42 Å². The number of fused-ring (bicyclic) bond motifs is 1. The highest BCUT2D eigenvalue weighted by Crippen LogP contribution is 2.30. The molecule has 2 aliphatic heterocycles. The Morgan fingerprint density at radius 2 is 1.78 bits per heavy atom. The minimum atomic E-state index is -3.49. The first-order valence-corrected chi connectivity index (χ1v) is 9.54. The summed E-state index contributed by atoms with van der Waals surface area (Å²) in [6.07, 6.45) is 2.98. The zero-order chi connectivity index (χ0) is 16.4. The molecule has 7 heteroatoms. The first-order valence-electron chi connectivity index (χ1n) is 7.89. The molecule has 6 nitrogen and oxygen atoms in total. The van der Waals surface area contributed by atoms with Gasteiger partial charge >= 0.3 is 0 Å². The van der Waals surface area contributed by atoms with Gasteiger partial charge in [-0.05, 0) is 31.4 Å². The number of anilines is 1. The van der Waals surface area contributed by atoms with Crippen molar-refractivity contribution in [3.8, 4) is 0 Å². The van der Waals surface area contributed by atoms with Crippen molar-refractivity contribution >= 4 is 27.3 Å². The van der Waals surface area contributed by atoms with Crippen molar-refractivity contribution in [1.29, 1.82) is 0 Å². The van der Waals surface area contributed by atoms with E-state index in [1.165, 1.54) is 11.0 Å². The number of sulfone groups is 1. The summed E-state index contributed by atoms with van der Waals surface area (Å²) in [6.45, 7) is 1.33. The number of hydrogen-bond acceptors (Lipinski definition) is 4. The van der Waals surface area contributed by atoms with Crippen LogP contribution < -0.4 is 4.90 Å². The predicted molar refractivity (Wildman–Crippen MR) is 85.9 cm³/mol. The third kappa shape index (κ3) is 3.24. The third-order valence-corrected chi connectivity index (χ3v) is 6.14. The van der Waals surface area contributed by atoms with E-state index in [4.69, 9.17) is 0 Å². The van der Waals surface area contributed by atoms with Crippen LogP contribution in [0.25, 0.3) is 0 Å². The number of hydrogen-bond donors (Lipinski definition) is 0. The van der Waals surface area contributed by atoms with Crippen LogP contribution in [0.5, 0.6) is 0 Å². The molecule has 1 aromatic carbocycles. The summed E-state index contributed by atoms with van der Waals surface area (Å²) in [6, 6.07) is 6.42. The smallest absolute Gasteiger partial charge is 0.242 e. The van der Waals surface area contributed by atoms with Gasteiger partial charge in [-0.1, -0.05) is 12.1 Å². The second-order valence-corrected chi connectivity index (χ2v) is 8.04. The Morgan fingerprint density at radius 1 is 1.09 bits per heavy atom. The van der Waals surface area contributed by atoms with E-state index in [2.05, 4.69) is 0 Å². The van der Waals surface area contributed by atoms with E-state index in [1.54, 1.807) is 23.1 Å². The number of carbonyl (C=O) groups is 2. The molecule has 2 heterocycles. The van der Waals surface area contributed by atoms with Crippen LogP contribution in [0.1, 0.15) is 25.7 Å². The van der Waals surface area contributed by atoms with Gasteiger partial charge in [-0.15, -0.1) is 0 Å². The number of amides is 2. The highest BCUT2D eigenvalue weighted by molar-refractivity contribution is 7.91. The molecule has 124 valence electrons. The first-order chi connectivity index (χ1) is 11.0. The van der Waals surface area contributed by atoms with Crippen molar-refractivity contribution in [2.75, 3.05) is 30.3 Å². The summed E-state index contributed by atoms with van der Waals surface area (Å²) in [5.74, 6) is -0.645. The van der Waals surface area contributed by atoms with E-state index in [0.717, 1.165) is 19.3 Å². The first kappa shape index (κ1) is 16.0. The molecule has 0 N–H and O–H groups in total. The maximum atomic E-state index is 12.5. The topological polar surface area (TPSA) is 74.8 Å². The Morgan fingerprint density at radius 3 is 2.52 bits per heavy atom. The van der Waals surface area contributed by atoms with E-state index in [1.807, 2.05) is 0 Å². The summed E-state index contributed by atoms with van der Waals surface area (Å²) < 4.78 is 24.6. The van der Waals surface area contributed by atoms with Gasteiger partial charge in [0.1, 0.15) is 6.54 Å². The number of carbonyl (C=O) groups excluding carboxylic acids is 2. The molecule has 0 unspecified atom stereocenters. The molecule has 1 saturated heterocycles. The number of rotatable bonds is 2. The van der Waals surface area contributed by atoms with Crippen LogP contribution in [0, 0.1) is 0 Å². The normalized spacial score (nSPS) is 20.8. The van der Waals surface area contributed by atoms with Gasteiger partial charge in [0.05, 0.1) is 16.3 Å². The van der Waals surface area contributed by atoms with E-state index in [-0.39, 0.29) is 35.4 Å². The quantitative estimate of drug-likeness (QED) is 0.813. The average molecular weight is 336 g/mol. The third-order valence-electron chi connectivity index (χ3n) is 4.38. The molecule has 23 heavy (non-hydrogen) atoms. The fourth-order valence-corrected chi connectivity index (χ4v) is 4.54. The predicted octanol–water partition coefficient (Wildman–Crippen LogP) is 1.21. The Bertz CT molecular complexity index is 723. The monoisotopic (exact) mass is 336 g/mol. The zero-order valence-corrected chi connectivity index (χ0v) is 13.7. The summed E-state index contributed by atoms with van der Waals surface area (Å²) in [7, 11) is -3.49. The van der Waals surface area contributed by atoms with Gasteiger partial charge in [0.15, 0.2) is 9.84 Å². The molecule has 3 rings (SSSR count). The molecule has 2 amide bonds. The van der Waals surface area contributed by atoms with Crippen LogP contribution in [0.4, 0.5) is 5.69 Å². The summed E-state index contributed by atoms with van der Waals surface area (Å²) in [5.41, 5.74) is 0.320. The van der Waals surface area contributed by atoms with E-state index in [9.17, 15) is 18.0 Å². The minimum absolute atomic E-state index is 0.0919. The fourth-order valence-electron chi connectivity index (χ4n) is 3.10. The number of piperidine rings is 1. The Balaban J connectivity index is 1.90. The minimum Gasteiger partial charge on any atom is -0.341 e. The van der Waals surface area contributed by atoms with Crippen LogP contribution in [0.3, 0.4) is 0 Å². The Kier molecular flexibility index (Phi) is 4.39. The van der Waals surface area contributed by atoms with Crippen LogP contribution >= 0.6 is 0 Å². The molecule has 0 saturated carbocycles. The average Bonchev–Trinajstić information content (AvgIpc) is 2.66. The van der Waals surface area contributed by atoms with Gasteiger partial charge in [0, 0.05) is 19.5 Å². The van der Waals surface area contributed by atoms with Crippen molar-refractivity contribution < 1.29 is 18.0 Å². The molecule has 1 aromatic rings. The second kappa shape index (κ2) is 6.31. The molecular formula is C16H20N2O4S. The molecule has 0 atom stereocenters. The molecule has 2 aliphatic rings. The molecule has 1 fully saturated rings. The number of benzene rings is 1. The lowest BCUT2D eigenvalue weighted by molar-refractivity contribution is -0.132. The molecular weight excluding hydrogens is 316 g/mol. The van der Waals surface area contributed by atoms with Gasteiger partial charge in [0.25, 0.3) is 0 Å². The lowest BCUT2D eigenvalue weighted by Gasteiger charge is -2.30. The van der Waals surface area contributed by atoms with Crippen LogP contribution in [0.15, 0.2) is 29.2 Å². The summed E-state index contributed by atoms with van der Waals surface area (Å²) >= 11 is 0. The molecule has 0 bridgehead atoms. The molecule has 0 radical (unpaired) electrons. The lowest BCUT2D eigenvalue weighted by atomic mass is 10.1. The van der Waals surface area contributed by atoms with Crippen molar-refractivity contribution in [2.24, 2.45) is 0 Å². The highest BCUT2D eigenvalue weighted by atomic mass is 32.2. The highest BCUT2D eigenvalue weighted by Gasteiger charge is 2.32. The number of nitrogens with zero attached hydrogens (tertiary/aromatic N) is 2. The summed E-state index contributed by atoms with van der Waals surface area (Å²) in [4.78, 5) is 28.1. The number of likely N-dealkylation sites (tertiary alicyclic amines) is 1. The van der Waals surface area contributed by atoms with Gasteiger partial charge in [-0.2, -0.15) is 0 Å². The Labute approximate surface area is 136 Å². The van der Waals surface area contributed by atoms with Crippen LogP contribution in [-0.2, 0) is 19.4 Å². The van der Waals surface area contributed by atoms with Crippen molar-refractivity contribution in [2.45, 2.75) is 30.6 Å². The van der Waals surface area contributed by atoms with Crippen molar-refractivity contribution in [3.63, 3.8) is 0 Å².